The molecule has 0 atom stereocenters. The molecule has 0 saturated carbocycles. The van der Waals surface area contributed by atoms with Crippen LogP contribution in [-0.2, 0) is 0 Å². The lowest BCUT2D eigenvalue weighted by Crippen LogP contribution is -1.73. The quantitative estimate of drug-likeness (QED) is 0.449. The molecule has 0 bridgehead atoms. The average Bonchev–Trinajstić information content (AvgIpc) is 1.33. The third-order valence-corrected chi connectivity index (χ3v) is 0. The molecule has 0 amide bonds. The van der Waals surface area contributed by atoms with E-state index < -0.39 is 6.17 Å². The second-order valence-electron chi connectivity index (χ2n) is 1.28. The van der Waals surface area contributed by atoms with E-state index in [9.17, 15) is 8.78 Å². The van der Waals surface area contributed by atoms with Crippen LogP contribution in [0.5, 0.6) is 0 Å². The summed E-state index contributed by atoms with van der Waals surface area (Å²) in [7, 11) is 0. The van der Waals surface area contributed by atoms with Crippen molar-refractivity contribution in [3.8, 4) is 0 Å². The van der Waals surface area contributed by atoms with Gasteiger partial charge in [0.05, 0.1) is 12.8 Å². The summed E-state index contributed by atoms with van der Waals surface area (Å²) >= 11 is 0. The van der Waals surface area contributed by atoms with E-state index >= 15 is 0 Å². The fourth-order valence-electron chi connectivity index (χ4n) is 0. The van der Waals surface area contributed by atoms with Gasteiger partial charge in [0.15, 0.2) is 0 Å². The lowest BCUT2D eigenvalue weighted by molar-refractivity contribution is 0.391. The van der Waals surface area contributed by atoms with Gasteiger partial charge in [-0.05, 0) is 20.8 Å². The number of hydrogen-bond donors (Lipinski definition) is 0. The Morgan fingerprint density at radius 2 is 1.43 bits per heavy atom. The summed E-state index contributed by atoms with van der Waals surface area (Å²) in [5, 5.41) is 0. The Kier molecular flexibility index (Phi) is 13.2. The highest BCUT2D eigenvalue weighted by Gasteiger charge is 1.73. The molecule has 0 unspecified atom stereocenters. The molecule has 0 saturated heterocycles. The molecule has 0 aromatic rings. The zero-order valence-corrected chi connectivity index (χ0v) is 5.04. The van der Waals surface area contributed by atoms with Gasteiger partial charge in [-0.1, -0.05) is 0 Å². The van der Waals surface area contributed by atoms with Crippen LogP contribution in [0.15, 0.2) is 0 Å². The Hall–Kier alpha value is -0.140. The van der Waals surface area contributed by atoms with E-state index in [2.05, 4.69) is 0 Å². The maximum absolute atomic E-state index is 11.0. The van der Waals surface area contributed by atoms with E-state index in [1.807, 2.05) is 0 Å². The van der Waals surface area contributed by atoms with Crippen molar-refractivity contribution in [2.45, 2.75) is 26.9 Å². The van der Waals surface area contributed by atoms with Crippen LogP contribution < -0.4 is 0 Å². The van der Waals surface area contributed by atoms with E-state index in [1.54, 1.807) is 0 Å². The molecule has 0 rings (SSSR count). The van der Waals surface area contributed by atoms with Crippen molar-refractivity contribution < 1.29 is 8.78 Å². The van der Waals surface area contributed by atoms with Crippen molar-refractivity contribution in [1.29, 1.82) is 0 Å². The lowest BCUT2D eigenvalue weighted by atomic mass is 10.5. The van der Waals surface area contributed by atoms with Crippen molar-refractivity contribution in [3.05, 3.63) is 0 Å². The van der Waals surface area contributed by atoms with Crippen molar-refractivity contribution in [1.82, 2.24) is 0 Å². The third-order valence-electron chi connectivity index (χ3n) is 0. The normalized spacial score (nSPS) is 7.71. The van der Waals surface area contributed by atoms with E-state index in [1.165, 1.54) is 20.8 Å². The first kappa shape index (κ1) is 9.97. The van der Waals surface area contributed by atoms with Gasteiger partial charge in [-0.25, -0.2) is 4.39 Å². The van der Waals surface area contributed by atoms with Gasteiger partial charge in [-0.15, -0.1) is 0 Å². The molecule has 0 aliphatic heterocycles. The maximum Gasteiger partial charge on any atom is 0.0945 e. The van der Waals surface area contributed by atoms with E-state index in [0.29, 0.717) is 0 Å². The topological polar surface area (TPSA) is 0 Å². The van der Waals surface area contributed by atoms with E-state index in [-0.39, 0.29) is 6.67 Å². The minimum atomic E-state index is -0.667. The summed E-state index contributed by atoms with van der Waals surface area (Å²) in [6.07, 6.45) is -0.667. The highest BCUT2D eigenvalue weighted by atomic mass is 19.1. The van der Waals surface area contributed by atoms with Crippen molar-refractivity contribution >= 4 is 0 Å². The number of alkyl halides is 2. The van der Waals surface area contributed by atoms with Crippen LogP contribution in [0, 0.1) is 0 Å². The number of rotatable bonds is 0. The fourth-order valence-corrected chi connectivity index (χ4v) is 0. The van der Waals surface area contributed by atoms with E-state index in [4.69, 9.17) is 0 Å². The van der Waals surface area contributed by atoms with Gasteiger partial charge in [-0.2, -0.15) is 0 Å². The predicted octanol–water partition coefficient (Wildman–Crippen LogP) is 2.34. The largest absolute Gasteiger partial charge is 0.251 e. The number of hydrogen-bond acceptors (Lipinski definition) is 0. The predicted molar refractivity (Wildman–Crippen MR) is 27.9 cm³/mol. The molecular weight excluding hydrogens is 98.1 g/mol. The van der Waals surface area contributed by atoms with Crippen LogP contribution in [0.2, 0.25) is 0 Å². The summed E-state index contributed by atoms with van der Waals surface area (Å²) in [6, 6.07) is 0. The molecule has 0 aliphatic rings. The Labute approximate surface area is 43.5 Å². The van der Waals surface area contributed by atoms with Crippen molar-refractivity contribution in [3.63, 3.8) is 0 Å². The standard InChI is InChI=1S/C3H7F.C2H5F/c1-3(2)4;1-2-3/h3H,1-2H3;2H2,1H3. The molecular formula is C5H12F2. The molecule has 0 radical (unpaired) electrons. The lowest BCUT2D eigenvalue weighted by Gasteiger charge is -1.74. The molecule has 46 valence electrons. The molecule has 0 aliphatic carbocycles. The Morgan fingerprint density at radius 3 is 1.43 bits per heavy atom. The van der Waals surface area contributed by atoms with Gasteiger partial charge in [-0.3, -0.25) is 4.39 Å². The molecule has 2 heteroatoms. The van der Waals surface area contributed by atoms with Gasteiger partial charge < -0.3 is 0 Å². The SMILES string of the molecule is CC(C)F.CCF. The van der Waals surface area contributed by atoms with Gasteiger partial charge in [0.2, 0.25) is 0 Å². The van der Waals surface area contributed by atoms with Gasteiger partial charge >= 0.3 is 0 Å². The van der Waals surface area contributed by atoms with Crippen LogP contribution >= 0.6 is 0 Å². The molecule has 0 aromatic heterocycles. The fraction of sp³-hybridized carbons (Fsp3) is 1.00. The second-order valence-corrected chi connectivity index (χ2v) is 1.28. The summed E-state index contributed by atoms with van der Waals surface area (Å²) in [4.78, 5) is 0. The van der Waals surface area contributed by atoms with Crippen LogP contribution in [0.1, 0.15) is 20.8 Å². The second kappa shape index (κ2) is 9.29. The first-order valence-electron chi connectivity index (χ1n) is 2.35. The van der Waals surface area contributed by atoms with E-state index in [0.717, 1.165) is 0 Å². The smallest absolute Gasteiger partial charge is 0.0945 e. The molecule has 0 fully saturated rings. The van der Waals surface area contributed by atoms with Crippen molar-refractivity contribution in [2.75, 3.05) is 6.67 Å². The summed E-state index contributed by atoms with van der Waals surface area (Å²) in [5.41, 5.74) is 0. The average molecular weight is 110 g/mol. The Bertz CT molecular complexity index is 17.3. The molecule has 0 nitrogen and oxygen atoms in total. The highest BCUT2D eigenvalue weighted by Crippen LogP contribution is 1.77. The highest BCUT2D eigenvalue weighted by molar-refractivity contribution is 4.22. The minimum absolute atomic E-state index is 0.250. The minimum Gasteiger partial charge on any atom is -0.251 e. The zero-order valence-electron chi connectivity index (χ0n) is 5.04. The summed E-state index contributed by atoms with van der Waals surface area (Å²) in [6.45, 7) is 4.21. The Balaban J connectivity index is 0. The monoisotopic (exact) mass is 110 g/mol. The summed E-state index contributed by atoms with van der Waals surface area (Å²) in [5.74, 6) is 0. The van der Waals surface area contributed by atoms with Crippen LogP contribution in [0.4, 0.5) is 8.78 Å². The van der Waals surface area contributed by atoms with Gasteiger partial charge in [0.1, 0.15) is 0 Å². The van der Waals surface area contributed by atoms with Crippen LogP contribution in [0.3, 0.4) is 0 Å². The van der Waals surface area contributed by atoms with Gasteiger partial charge in [0.25, 0.3) is 0 Å². The third kappa shape index (κ3) is 4450. The van der Waals surface area contributed by atoms with Gasteiger partial charge in [0, 0.05) is 0 Å². The van der Waals surface area contributed by atoms with Crippen molar-refractivity contribution in [2.24, 2.45) is 0 Å². The summed E-state index contributed by atoms with van der Waals surface area (Å²) < 4.78 is 21.3. The first-order valence-corrected chi connectivity index (χ1v) is 2.35. The molecule has 0 N–H and O–H groups in total. The maximum atomic E-state index is 11.0. The molecule has 0 spiro atoms. The Morgan fingerprint density at radius 1 is 1.43 bits per heavy atom. The zero-order chi connectivity index (χ0) is 6.28. The number of halogens is 2. The molecule has 7 heavy (non-hydrogen) atoms. The molecule has 0 heterocycles. The molecule has 0 aromatic carbocycles. The van der Waals surface area contributed by atoms with Crippen LogP contribution in [0.25, 0.3) is 0 Å². The van der Waals surface area contributed by atoms with Crippen LogP contribution in [-0.4, -0.2) is 12.8 Å². The first-order chi connectivity index (χ1) is 3.15.